The fourth-order valence-corrected chi connectivity index (χ4v) is 11.5. The van der Waals surface area contributed by atoms with E-state index in [2.05, 4.69) is 243 Å². The van der Waals surface area contributed by atoms with Gasteiger partial charge in [-0.25, -0.2) is 0 Å². The number of hydrogen-bond donors (Lipinski definition) is 0. The molecule has 0 aromatic heterocycles. The number of hydrogen-bond acceptors (Lipinski definition) is 0. The molecule has 0 saturated carbocycles. The summed E-state index contributed by atoms with van der Waals surface area (Å²) in [6.45, 7) is 0. The molecule has 0 nitrogen and oxygen atoms in total. The third-order valence-corrected chi connectivity index (χ3v) is 14.0. The smallest absolute Gasteiger partial charge is 0.0346 e. The quantitative estimate of drug-likeness (QED) is 0.134. The summed E-state index contributed by atoms with van der Waals surface area (Å²) in [5, 5.41) is 15.8. The highest BCUT2D eigenvalue weighted by Gasteiger charge is 2.30. The molecule has 298 valence electrons. The fraction of sp³-hybridized carbons (Fsp3) is 0.0312. The summed E-state index contributed by atoms with van der Waals surface area (Å²) in [4.78, 5) is 0. The molecule has 0 atom stereocenters. The van der Waals surface area contributed by atoms with Crippen molar-refractivity contribution in [2.45, 2.75) is 11.8 Å². The average Bonchev–Trinajstić information content (AvgIpc) is 3.88. The maximum atomic E-state index is 2.45. The number of rotatable bonds is 8. The third-order valence-electron chi connectivity index (χ3n) is 14.0. The van der Waals surface area contributed by atoms with Crippen molar-refractivity contribution >= 4 is 64.6 Å². The lowest BCUT2D eigenvalue weighted by molar-refractivity contribution is 0.990. The van der Waals surface area contributed by atoms with Crippen LogP contribution in [0.15, 0.2) is 243 Å². The molecule has 13 aromatic rings. The van der Waals surface area contributed by atoms with Crippen LogP contribution in [-0.4, -0.2) is 0 Å². The third kappa shape index (κ3) is 5.49. The molecule has 0 unspecified atom stereocenters. The minimum atomic E-state index is 0.0804. The van der Waals surface area contributed by atoms with Crippen LogP contribution in [0.4, 0.5) is 0 Å². The van der Waals surface area contributed by atoms with E-state index < -0.39 is 0 Å². The van der Waals surface area contributed by atoms with E-state index >= 15 is 0 Å². The first-order valence-electron chi connectivity index (χ1n) is 22.5. The van der Waals surface area contributed by atoms with E-state index in [-0.39, 0.29) is 11.8 Å². The number of fused-ring (bicyclic) bond motifs is 6. The molecule has 64 heavy (non-hydrogen) atoms. The van der Waals surface area contributed by atoms with Crippen molar-refractivity contribution in [3.63, 3.8) is 0 Å². The molecule has 13 aromatic carbocycles. The lowest BCUT2D eigenvalue weighted by Crippen LogP contribution is -2.04. The van der Waals surface area contributed by atoms with Gasteiger partial charge in [0.15, 0.2) is 0 Å². The van der Waals surface area contributed by atoms with Gasteiger partial charge in [-0.2, -0.15) is 0 Å². The van der Waals surface area contributed by atoms with E-state index in [9.17, 15) is 0 Å². The molecule has 0 heteroatoms. The first kappa shape index (κ1) is 36.6. The van der Waals surface area contributed by atoms with Crippen molar-refractivity contribution in [3.8, 4) is 22.3 Å². The molecule has 0 fully saturated rings. The Kier molecular flexibility index (Phi) is 8.46. The first-order chi connectivity index (χ1) is 31.8. The normalized spacial score (nSPS) is 12.0. The van der Waals surface area contributed by atoms with Crippen LogP contribution in [0.1, 0.15) is 45.2 Å². The summed E-state index contributed by atoms with van der Waals surface area (Å²) in [5.74, 6) is 0.161. The van der Waals surface area contributed by atoms with Gasteiger partial charge in [-0.1, -0.05) is 243 Å². The predicted octanol–water partition coefficient (Wildman–Crippen LogP) is 17.2. The van der Waals surface area contributed by atoms with Gasteiger partial charge in [0, 0.05) is 11.8 Å². The van der Waals surface area contributed by atoms with Crippen LogP contribution in [0, 0.1) is 0 Å². The summed E-state index contributed by atoms with van der Waals surface area (Å²) in [6.07, 6.45) is 0. The SMILES string of the molecule is c1ccc(-c2c3c4cccc5c(C(c6ccccc6)c6ccccc6)ccc(c3c(-c3ccccc3)c3c6cccc7c(C(c8ccccc8)c8ccccc8)ccc(c23)c76)c54)cc1. The monoisotopic (exact) mass is 810 g/mol. The predicted molar refractivity (Wildman–Crippen MR) is 272 cm³/mol. The van der Waals surface area contributed by atoms with Gasteiger partial charge < -0.3 is 0 Å². The lowest BCUT2D eigenvalue weighted by Gasteiger charge is -2.21. The van der Waals surface area contributed by atoms with E-state index in [0.29, 0.717) is 0 Å². The van der Waals surface area contributed by atoms with Crippen molar-refractivity contribution in [3.05, 3.63) is 276 Å². The van der Waals surface area contributed by atoms with Crippen LogP contribution < -0.4 is 0 Å². The van der Waals surface area contributed by atoms with Gasteiger partial charge in [0.25, 0.3) is 0 Å². The van der Waals surface area contributed by atoms with Gasteiger partial charge in [-0.15, -0.1) is 0 Å². The zero-order valence-corrected chi connectivity index (χ0v) is 35.2. The fourth-order valence-electron chi connectivity index (χ4n) is 11.5. The van der Waals surface area contributed by atoms with Crippen LogP contribution in [0.2, 0.25) is 0 Å². The Morgan fingerprint density at radius 3 is 0.766 bits per heavy atom. The zero-order chi connectivity index (χ0) is 42.1. The maximum Gasteiger partial charge on any atom is 0.0346 e. The van der Waals surface area contributed by atoms with Crippen molar-refractivity contribution < 1.29 is 0 Å². The Balaban J connectivity index is 1.21. The van der Waals surface area contributed by atoms with Crippen molar-refractivity contribution in [2.24, 2.45) is 0 Å². The molecule has 0 aliphatic rings. The highest BCUT2D eigenvalue weighted by atomic mass is 14.3. The van der Waals surface area contributed by atoms with Crippen LogP contribution in [0.3, 0.4) is 0 Å². The molecule has 0 radical (unpaired) electrons. The van der Waals surface area contributed by atoms with Crippen LogP contribution in [0.25, 0.3) is 86.9 Å². The Morgan fingerprint density at radius 1 is 0.188 bits per heavy atom. The lowest BCUT2D eigenvalue weighted by atomic mass is 9.82. The Morgan fingerprint density at radius 2 is 0.453 bits per heavy atom. The minimum Gasteiger partial charge on any atom is -0.0622 e. The average molecular weight is 811 g/mol. The summed E-state index contributed by atoms with van der Waals surface area (Å²) in [7, 11) is 0. The Bertz CT molecular complexity index is 3390. The van der Waals surface area contributed by atoms with Crippen molar-refractivity contribution in [1.29, 1.82) is 0 Å². The largest absolute Gasteiger partial charge is 0.0622 e. The summed E-state index contributed by atoms with van der Waals surface area (Å²) < 4.78 is 0. The molecule has 0 aliphatic heterocycles. The van der Waals surface area contributed by atoms with E-state index in [1.807, 2.05) is 0 Å². The summed E-state index contributed by atoms with van der Waals surface area (Å²) in [6, 6.07) is 90.4. The summed E-state index contributed by atoms with van der Waals surface area (Å²) in [5.41, 5.74) is 12.9. The highest BCUT2D eigenvalue weighted by Crippen LogP contribution is 2.57. The second kappa shape index (κ2) is 14.8. The van der Waals surface area contributed by atoms with E-state index in [1.165, 1.54) is 120 Å². The van der Waals surface area contributed by atoms with Gasteiger partial charge in [-0.3, -0.25) is 0 Å². The standard InChI is InChI=1S/C64H42/c1-7-21-41(22-8-1)55(42-23-9-2-10-24-42)49-37-39-53-59-47(49)33-19-35-51(59)61-57(45-29-15-5-16-30-45)64-54-40-38-50(56(43-25-11-3-12-26-43)44-27-13-4-14-28-44)48-34-20-36-52(60(48)54)62(64)58(63(53)61)46-31-17-6-18-32-46/h1-40,55-56H. The molecule has 0 spiro atoms. The molecule has 0 saturated heterocycles. The second-order valence-corrected chi connectivity index (χ2v) is 17.4. The molecule has 0 aliphatic carbocycles. The second-order valence-electron chi connectivity index (χ2n) is 17.4. The summed E-state index contributed by atoms with van der Waals surface area (Å²) >= 11 is 0. The number of benzene rings is 11. The van der Waals surface area contributed by atoms with Gasteiger partial charge in [0.05, 0.1) is 0 Å². The highest BCUT2D eigenvalue weighted by molar-refractivity contribution is 6.46. The van der Waals surface area contributed by atoms with Gasteiger partial charge in [0.2, 0.25) is 0 Å². The van der Waals surface area contributed by atoms with Gasteiger partial charge in [0.1, 0.15) is 0 Å². The topological polar surface area (TPSA) is 0 Å². The van der Waals surface area contributed by atoms with Crippen LogP contribution >= 0.6 is 0 Å². The molecule has 0 amide bonds. The maximum absolute atomic E-state index is 2.45. The molecular weight excluding hydrogens is 769 g/mol. The minimum absolute atomic E-state index is 0.0804. The van der Waals surface area contributed by atoms with Gasteiger partial charge >= 0.3 is 0 Å². The van der Waals surface area contributed by atoms with Gasteiger partial charge in [-0.05, 0) is 120 Å². The van der Waals surface area contributed by atoms with E-state index in [1.54, 1.807) is 0 Å². The van der Waals surface area contributed by atoms with Crippen LogP contribution in [0.5, 0.6) is 0 Å². The molecular formula is C64H42. The first-order valence-corrected chi connectivity index (χ1v) is 22.5. The van der Waals surface area contributed by atoms with E-state index in [0.717, 1.165) is 0 Å². The molecule has 0 bridgehead atoms. The van der Waals surface area contributed by atoms with E-state index in [4.69, 9.17) is 0 Å². The van der Waals surface area contributed by atoms with Crippen LogP contribution in [-0.2, 0) is 0 Å². The molecule has 13 rings (SSSR count). The Hall–Kier alpha value is -8.06. The zero-order valence-electron chi connectivity index (χ0n) is 35.2. The molecule has 0 heterocycles. The van der Waals surface area contributed by atoms with Crippen molar-refractivity contribution in [2.75, 3.05) is 0 Å². The Labute approximate surface area is 373 Å². The molecule has 0 N–H and O–H groups in total. The van der Waals surface area contributed by atoms with Crippen molar-refractivity contribution in [1.82, 2.24) is 0 Å².